The van der Waals surface area contributed by atoms with Gasteiger partial charge < -0.3 is 24.7 Å². The molecule has 0 fully saturated rings. The van der Waals surface area contributed by atoms with E-state index in [1.807, 2.05) is 48.5 Å². The summed E-state index contributed by atoms with van der Waals surface area (Å²) in [7, 11) is 1.57. The van der Waals surface area contributed by atoms with Crippen molar-refractivity contribution >= 4 is 17.5 Å². The molecule has 0 bridgehead atoms. The molecule has 0 saturated carbocycles. The first-order valence-electron chi connectivity index (χ1n) is 10.2. The van der Waals surface area contributed by atoms with E-state index < -0.39 is 11.8 Å². The number of nitrogens with zero attached hydrogens (tertiary/aromatic N) is 1. The number of hydrogen-bond acceptors (Lipinski definition) is 5. The third-order valence-electron chi connectivity index (χ3n) is 5.47. The number of para-hydroxylation sites is 2. The molecule has 1 aliphatic rings. The van der Waals surface area contributed by atoms with Crippen LogP contribution >= 0.6 is 0 Å². The van der Waals surface area contributed by atoms with Gasteiger partial charge in [0.2, 0.25) is 0 Å². The second-order valence-electron chi connectivity index (χ2n) is 7.31. The third kappa shape index (κ3) is 4.55. The van der Waals surface area contributed by atoms with Gasteiger partial charge in [-0.3, -0.25) is 9.59 Å². The molecule has 0 radical (unpaired) electrons. The standard InChI is InChI=1S/C24H25N3O4/c1-30-21-10-5-3-8-18(21)15-25-23(28)24(29)26-16-20(22-11-6-14-31-22)27-13-12-17-7-2-4-9-19(17)27/h2-11,14,20H,12-13,15-16H2,1H3,(H,25,28)(H,26,29)/t20-/m1/s1. The lowest BCUT2D eigenvalue weighted by molar-refractivity contribution is -0.139. The molecule has 31 heavy (non-hydrogen) atoms. The first kappa shape index (κ1) is 20.5. The average Bonchev–Trinajstić information content (AvgIpc) is 3.48. The zero-order valence-electron chi connectivity index (χ0n) is 17.3. The van der Waals surface area contributed by atoms with Gasteiger partial charge in [0.25, 0.3) is 0 Å². The molecule has 7 heteroatoms. The molecule has 1 aromatic heterocycles. The molecule has 0 unspecified atom stereocenters. The number of anilines is 1. The molecule has 2 aromatic carbocycles. The molecule has 4 rings (SSSR count). The van der Waals surface area contributed by atoms with Crippen LogP contribution in [0.3, 0.4) is 0 Å². The Morgan fingerprint density at radius 3 is 2.61 bits per heavy atom. The fraction of sp³-hybridized carbons (Fsp3) is 0.250. The van der Waals surface area contributed by atoms with Crippen LogP contribution in [0.5, 0.6) is 5.75 Å². The SMILES string of the molecule is COc1ccccc1CNC(=O)C(=O)NC[C@H](c1ccco1)N1CCc2ccccc21. The summed E-state index contributed by atoms with van der Waals surface area (Å²) in [5, 5.41) is 5.41. The number of carbonyl (C=O) groups excluding carboxylic acids is 2. The zero-order valence-corrected chi connectivity index (χ0v) is 17.3. The van der Waals surface area contributed by atoms with E-state index in [-0.39, 0.29) is 19.1 Å². The molecule has 7 nitrogen and oxygen atoms in total. The molecule has 1 atom stereocenters. The van der Waals surface area contributed by atoms with Gasteiger partial charge in [0, 0.05) is 30.9 Å². The van der Waals surface area contributed by atoms with Gasteiger partial charge in [0.1, 0.15) is 17.6 Å². The Morgan fingerprint density at radius 1 is 1.03 bits per heavy atom. The highest BCUT2D eigenvalue weighted by Crippen LogP contribution is 2.34. The van der Waals surface area contributed by atoms with Gasteiger partial charge in [-0.15, -0.1) is 0 Å². The monoisotopic (exact) mass is 419 g/mol. The molecular weight excluding hydrogens is 394 g/mol. The van der Waals surface area contributed by atoms with Crippen molar-refractivity contribution in [2.75, 3.05) is 25.1 Å². The van der Waals surface area contributed by atoms with Gasteiger partial charge in [0.15, 0.2) is 0 Å². The van der Waals surface area contributed by atoms with Crippen LogP contribution < -0.4 is 20.3 Å². The number of carbonyl (C=O) groups is 2. The zero-order chi connectivity index (χ0) is 21.6. The Hall–Kier alpha value is -3.74. The molecule has 2 amide bonds. The van der Waals surface area contributed by atoms with Crippen molar-refractivity contribution in [1.82, 2.24) is 10.6 Å². The maximum Gasteiger partial charge on any atom is 0.309 e. The number of benzene rings is 2. The number of ether oxygens (including phenoxy) is 1. The van der Waals surface area contributed by atoms with E-state index in [9.17, 15) is 9.59 Å². The van der Waals surface area contributed by atoms with Crippen molar-refractivity contribution in [3.8, 4) is 5.75 Å². The van der Waals surface area contributed by atoms with E-state index in [4.69, 9.17) is 9.15 Å². The van der Waals surface area contributed by atoms with Crippen LogP contribution in [0, 0.1) is 0 Å². The summed E-state index contributed by atoms with van der Waals surface area (Å²) in [5.41, 5.74) is 3.19. The van der Waals surface area contributed by atoms with Gasteiger partial charge in [-0.05, 0) is 36.2 Å². The van der Waals surface area contributed by atoms with Gasteiger partial charge >= 0.3 is 11.8 Å². The van der Waals surface area contributed by atoms with E-state index in [1.165, 1.54) is 5.56 Å². The molecule has 0 spiro atoms. The summed E-state index contributed by atoms with van der Waals surface area (Å²) in [5.74, 6) is 0.0325. The number of nitrogens with one attached hydrogen (secondary N) is 2. The minimum absolute atomic E-state index is 0.204. The lowest BCUT2D eigenvalue weighted by Crippen LogP contribution is -2.43. The van der Waals surface area contributed by atoms with Crippen LogP contribution in [0.25, 0.3) is 0 Å². The van der Waals surface area contributed by atoms with Gasteiger partial charge in [-0.25, -0.2) is 0 Å². The topological polar surface area (TPSA) is 83.8 Å². The van der Waals surface area contributed by atoms with E-state index in [0.29, 0.717) is 5.75 Å². The molecule has 0 aliphatic carbocycles. The normalized spacial score (nSPS) is 13.4. The smallest absolute Gasteiger partial charge is 0.309 e. The van der Waals surface area contributed by atoms with E-state index in [1.54, 1.807) is 13.4 Å². The highest BCUT2D eigenvalue weighted by Gasteiger charge is 2.29. The summed E-state index contributed by atoms with van der Waals surface area (Å²) >= 11 is 0. The summed E-state index contributed by atoms with van der Waals surface area (Å²) in [6, 6.07) is 19.1. The van der Waals surface area contributed by atoms with Crippen molar-refractivity contribution in [3.63, 3.8) is 0 Å². The summed E-state index contributed by atoms with van der Waals surface area (Å²) in [6.07, 6.45) is 2.55. The second-order valence-corrected chi connectivity index (χ2v) is 7.31. The summed E-state index contributed by atoms with van der Waals surface area (Å²) in [4.78, 5) is 27.0. The lowest BCUT2D eigenvalue weighted by atomic mass is 10.1. The molecule has 2 heterocycles. The highest BCUT2D eigenvalue weighted by molar-refractivity contribution is 6.35. The molecule has 160 valence electrons. The molecule has 3 aromatic rings. The van der Waals surface area contributed by atoms with Gasteiger partial charge in [-0.2, -0.15) is 0 Å². The Balaban J connectivity index is 1.39. The Labute approximate surface area is 181 Å². The van der Waals surface area contributed by atoms with Crippen molar-refractivity contribution in [1.29, 1.82) is 0 Å². The number of rotatable bonds is 7. The number of methoxy groups -OCH3 is 1. The van der Waals surface area contributed by atoms with Crippen LogP contribution in [0.1, 0.15) is 22.9 Å². The number of furan rings is 1. The van der Waals surface area contributed by atoms with Crippen LogP contribution in [0.15, 0.2) is 71.3 Å². The van der Waals surface area contributed by atoms with Gasteiger partial charge in [-0.1, -0.05) is 36.4 Å². The average molecular weight is 419 g/mol. The van der Waals surface area contributed by atoms with Crippen molar-refractivity contribution in [2.45, 2.75) is 19.0 Å². The first-order valence-corrected chi connectivity index (χ1v) is 10.2. The predicted octanol–water partition coefficient (Wildman–Crippen LogP) is 2.82. The lowest BCUT2D eigenvalue weighted by Gasteiger charge is -2.29. The Bertz CT molecular complexity index is 1050. The second kappa shape index (κ2) is 9.38. The van der Waals surface area contributed by atoms with Crippen LogP contribution in [-0.2, 0) is 22.6 Å². The van der Waals surface area contributed by atoms with Crippen molar-refractivity contribution in [2.24, 2.45) is 0 Å². The number of hydrogen-bond donors (Lipinski definition) is 2. The van der Waals surface area contributed by atoms with Crippen molar-refractivity contribution < 1.29 is 18.7 Å². The molecule has 1 aliphatic heterocycles. The highest BCUT2D eigenvalue weighted by atomic mass is 16.5. The van der Waals surface area contributed by atoms with E-state index >= 15 is 0 Å². The third-order valence-corrected chi connectivity index (χ3v) is 5.47. The molecule has 2 N–H and O–H groups in total. The Kier molecular flexibility index (Phi) is 6.21. The minimum atomic E-state index is -0.689. The summed E-state index contributed by atoms with van der Waals surface area (Å²) < 4.78 is 10.9. The van der Waals surface area contributed by atoms with Crippen LogP contribution in [0.4, 0.5) is 5.69 Å². The first-order chi connectivity index (χ1) is 15.2. The largest absolute Gasteiger partial charge is 0.496 e. The molecular formula is C24H25N3O4. The van der Waals surface area contributed by atoms with Crippen molar-refractivity contribution in [3.05, 3.63) is 83.8 Å². The number of amides is 2. The van der Waals surface area contributed by atoms with E-state index in [2.05, 4.69) is 27.7 Å². The minimum Gasteiger partial charge on any atom is -0.496 e. The van der Waals surface area contributed by atoms with Gasteiger partial charge in [0.05, 0.1) is 13.4 Å². The maximum absolute atomic E-state index is 12.4. The number of fused-ring (bicyclic) bond motifs is 1. The fourth-order valence-corrected chi connectivity index (χ4v) is 3.91. The molecule has 0 saturated heterocycles. The van der Waals surface area contributed by atoms with Crippen LogP contribution in [0.2, 0.25) is 0 Å². The predicted molar refractivity (Wildman–Crippen MR) is 117 cm³/mol. The van der Waals surface area contributed by atoms with Crippen LogP contribution in [-0.4, -0.2) is 32.0 Å². The Morgan fingerprint density at radius 2 is 1.81 bits per heavy atom. The quantitative estimate of drug-likeness (QED) is 0.576. The maximum atomic E-state index is 12.4. The van der Waals surface area contributed by atoms with E-state index in [0.717, 1.165) is 30.0 Å². The summed E-state index contributed by atoms with van der Waals surface area (Å²) in [6.45, 7) is 1.28. The fourth-order valence-electron chi connectivity index (χ4n) is 3.91.